The monoisotopic (exact) mass is 396 g/mol. The highest BCUT2D eigenvalue weighted by Gasteiger charge is 2.31. The average molecular weight is 397 g/mol. The molecule has 2 rings (SSSR count). The molecular weight excluding hydrogens is 384 g/mol. The largest absolute Gasteiger partial charge is 0.289 e. The number of benzene rings is 2. The summed E-state index contributed by atoms with van der Waals surface area (Å²) in [6.07, 6.45) is 1.42. The molecule has 0 unspecified atom stereocenters. The van der Waals surface area contributed by atoms with Gasteiger partial charge in [0.05, 0.1) is 17.2 Å². The molecule has 0 saturated carbocycles. The lowest BCUT2D eigenvalue weighted by Gasteiger charge is -2.23. The first-order valence-electron chi connectivity index (χ1n) is 6.50. The molecule has 2 aromatic rings. The van der Waals surface area contributed by atoms with E-state index in [9.17, 15) is 18.5 Å². The van der Waals surface area contributed by atoms with E-state index in [2.05, 4.69) is 22.5 Å². The molecule has 0 atom stereocenters. The summed E-state index contributed by atoms with van der Waals surface area (Å²) >= 11 is 3.29. The third-order valence-electron chi connectivity index (χ3n) is 3.02. The van der Waals surface area contributed by atoms with Crippen LogP contribution in [0.2, 0.25) is 0 Å². The van der Waals surface area contributed by atoms with Crippen molar-refractivity contribution in [1.29, 1.82) is 0 Å². The number of halogens is 1. The zero-order valence-corrected chi connectivity index (χ0v) is 14.3. The highest BCUT2D eigenvalue weighted by atomic mass is 79.9. The first-order chi connectivity index (χ1) is 10.9. The van der Waals surface area contributed by atoms with Crippen molar-refractivity contribution in [2.75, 3.05) is 10.8 Å². The van der Waals surface area contributed by atoms with Gasteiger partial charge in [0.1, 0.15) is 0 Å². The van der Waals surface area contributed by atoms with E-state index in [4.69, 9.17) is 0 Å². The Morgan fingerprint density at radius 2 is 1.91 bits per heavy atom. The minimum absolute atomic E-state index is 0.00909. The first kappa shape index (κ1) is 17.2. The number of sulfonamides is 1. The fraction of sp³-hybridized carbons (Fsp3) is 0.0667. The molecule has 0 aliphatic carbocycles. The molecule has 0 radical (unpaired) electrons. The fourth-order valence-electron chi connectivity index (χ4n) is 2.04. The molecule has 0 saturated heterocycles. The van der Waals surface area contributed by atoms with Crippen LogP contribution in [0.4, 0.5) is 11.4 Å². The molecule has 6 nitrogen and oxygen atoms in total. The standard InChI is InChI=1S/C15H13BrN2O4S/c1-2-10-17(13-7-5-6-12(16)11-13)23(21,22)15-9-4-3-8-14(15)18(19)20/h2-9,11H,1,10H2. The summed E-state index contributed by atoms with van der Waals surface area (Å²) in [5.41, 5.74) is -0.0750. The van der Waals surface area contributed by atoms with Gasteiger partial charge in [-0.3, -0.25) is 14.4 Å². The summed E-state index contributed by atoms with van der Waals surface area (Å²) in [4.78, 5) is 10.1. The van der Waals surface area contributed by atoms with Gasteiger partial charge in [-0.25, -0.2) is 8.42 Å². The molecule has 0 amide bonds. The normalized spacial score (nSPS) is 11.0. The topological polar surface area (TPSA) is 80.5 Å². The molecular formula is C15H13BrN2O4S. The van der Waals surface area contributed by atoms with Gasteiger partial charge < -0.3 is 0 Å². The minimum Gasteiger partial charge on any atom is -0.262 e. The van der Waals surface area contributed by atoms with Crippen LogP contribution in [0.3, 0.4) is 0 Å². The Kier molecular flexibility index (Phi) is 5.17. The Labute approximate surface area is 142 Å². The van der Waals surface area contributed by atoms with Gasteiger partial charge in [-0.15, -0.1) is 6.58 Å². The summed E-state index contributed by atoms with van der Waals surface area (Å²) in [5, 5.41) is 11.1. The van der Waals surface area contributed by atoms with Gasteiger partial charge >= 0.3 is 0 Å². The smallest absolute Gasteiger partial charge is 0.262 e. The van der Waals surface area contributed by atoms with E-state index in [1.807, 2.05) is 0 Å². The Morgan fingerprint density at radius 1 is 1.22 bits per heavy atom. The van der Waals surface area contributed by atoms with E-state index in [1.165, 1.54) is 30.3 Å². The van der Waals surface area contributed by atoms with Crippen LogP contribution in [0.25, 0.3) is 0 Å². The summed E-state index contributed by atoms with van der Waals surface area (Å²) in [6, 6.07) is 11.9. The lowest BCUT2D eigenvalue weighted by atomic mass is 10.3. The Hall–Kier alpha value is -2.19. The molecule has 0 N–H and O–H groups in total. The third kappa shape index (κ3) is 3.59. The summed E-state index contributed by atoms with van der Waals surface area (Å²) in [5.74, 6) is 0. The van der Waals surface area contributed by atoms with E-state index >= 15 is 0 Å². The van der Waals surface area contributed by atoms with Gasteiger partial charge in [0.25, 0.3) is 15.7 Å². The van der Waals surface area contributed by atoms with Crippen LogP contribution in [0.5, 0.6) is 0 Å². The maximum atomic E-state index is 12.9. The summed E-state index contributed by atoms with van der Waals surface area (Å²) in [7, 11) is -4.11. The van der Waals surface area contributed by atoms with E-state index in [0.29, 0.717) is 10.2 Å². The number of hydrogen-bond acceptors (Lipinski definition) is 4. The minimum atomic E-state index is -4.11. The molecule has 0 aromatic heterocycles. The van der Waals surface area contributed by atoms with Gasteiger partial charge in [-0.2, -0.15) is 0 Å². The van der Waals surface area contributed by atoms with Gasteiger partial charge in [0.15, 0.2) is 4.90 Å². The van der Waals surface area contributed by atoms with Crippen LogP contribution in [0, 0.1) is 10.1 Å². The van der Waals surface area contributed by atoms with Crippen molar-refractivity contribution in [1.82, 2.24) is 0 Å². The van der Waals surface area contributed by atoms with E-state index < -0.39 is 20.6 Å². The maximum Gasteiger partial charge on any atom is 0.289 e. The van der Waals surface area contributed by atoms with E-state index in [1.54, 1.807) is 24.3 Å². The number of para-hydroxylation sites is 1. The van der Waals surface area contributed by atoms with Crippen molar-refractivity contribution >= 4 is 37.3 Å². The number of nitrogens with zero attached hydrogens (tertiary/aromatic N) is 2. The molecule has 8 heteroatoms. The zero-order valence-electron chi connectivity index (χ0n) is 11.9. The molecule has 2 aromatic carbocycles. The van der Waals surface area contributed by atoms with Crippen LogP contribution < -0.4 is 4.31 Å². The molecule has 0 fully saturated rings. The fourth-order valence-corrected chi connectivity index (χ4v) is 4.01. The molecule has 0 heterocycles. The highest BCUT2D eigenvalue weighted by Crippen LogP contribution is 2.30. The van der Waals surface area contributed by atoms with Crippen molar-refractivity contribution < 1.29 is 13.3 Å². The van der Waals surface area contributed by atoms with Gasteiger partial charge in [-0.1, -0.05) is 40.2 Å². The van der Waals surface area contributed by atoms with Crippen LogP contribution in [0.15, 0.2) is 70.6 Å². The van der Waals surface area contributed by atoms with E-state index in [-0.39, 0.29) is 11.4 Å². The third-order valence-corrected chi connectivity index (χ3v) is 5.36. The summed E-state index contributed by atoms with van der Waals surface area (Å²) < 4.78 is 27.6. The Bertz CT molecular complexity index is 852. The number of rotatable bonds is 6. The van der Waals surface area contributed by atoms with Crippen LogP contribution in [0.1, 0.15) is 0 Å². The number of hydrogen-bond donors (Lipinski definition) is 0. The molecule has 0 bridgehead atoms. The maximum absolute atomic E-state index is 12.9. The first-order valence-corrected chi connectivity index (χ1v) is 8.74. The zero-order chi connectivity index (χ0) is 17.0. The van der Waals surface area contributed by atoms with Gasteiger partial charge in [0, 0.05) is 10.5 Å². The van der Waals surface area contributed by atoms with Gasteiger partial charge in [-0.05, 0) is 24.3 Å². The van der Waals surface area contributed by atoms with Crippen molar-refractivity contribution in [2.24, 2.45) is 0 Å². The Morgan fingerprint density at radius 3 is 2.52 bits per heavy atom. The number of anilines is 1. The molecule has 23 heavy (non-hydrogen) atoms. The molecule has 0 aliphatic heterocycles. The van der Waals surface area contributed by atoms with Crippen molar-refractivity contribution in [2.45, 2.75) is 4.90 Å². The molecule has 120 valence electrons. The van der Waals surface area contributed by atoms with Crippen molar-refractivity contribution in [3.8, 4) is 0 Å². The quantitative estimate of drug-likeness (QED) is 0.423. The Balaban J connectivity index is 2.63. The molecule has 0 spiro atoms. The molecule has 0 aliphatic rings. The second kappa shape index (κ2) is 6.93. The van der Waals surface area contributed by atoms with Crippen molar-refractivity contribution in [3.05, 3.63) is 75.8 Å². The van der Waals surface area contributed by atoms with Crippen LogP contribution in [-0.2, 0) is 10.0 Å². The van der Waals surface area contributed by atoms with Crippen LogP contribution in [-0.4, -0.2) is 19.9 Å². The number of nitro groups is 1. The van der Waals surface area contributed by atoms with Crippen molar-refractivity contribution in [3.63, 3.8) is 0 Å². The predicted octanol–water partition coefficient (Wildman–Crippen LogP) is 3.74. The van der Waals surface area contributed by atoms with Crippen LogP contribution >= 0.6 is 15.9 Å². The predicted molar refractivity (Wildman–Crippen MR) is 92.0 cm³/mol. The summed E-state index contributed by atoms with van der Waals surface area (Å²) in [6.45, 7) is 3.55. The lowest BCUT2D eigenvalue weighted by Crippen LogP contribution is -2.31. The highest BCUT2D eigenvalue weighted by molar-refractivity contribution is 9.10. The van der Waals surface area contributed by atoms with E-state index in [0.717, 1.165) is 4.31 Å². The second-order valence-electron chi connectivity index (χ2n) is 4.53. The average Bonchev–Trinajstić information content (AvgIpc) is 2.52. The number of nitro benzene ring substituents is 1. The SMILES string of the molecule is C=CCN(c1cccc(Br)c1)S(=O)(=O)c1ccccc1[N+](=O)[O-]. The second-order valence-corrected chi connectivity index (χ2v) is 7.28. The van der Waals surface area contributed by atoms with Gasteiger partial charge in [0.2, 0.25) is 0 Å². The lowest BCUT2D eigenvalue weighted by molar-refractivity contribution is -0.387.